The van der Waals surface area contributed by atoms with Crippen LogP contribution in [0.4, 0.5) is 0 Å². The Kier molecular flexibility index (Phi) is 7.27. The molecule has 0 aromatic rings. The Morgan fingerprint density at radius 3 is 2.50 bits per heavy atom. The first-order valence-electron chi connectivity index (χ1n) is 5.48. The predicted octanol–water partition coefficient (Wildman–Crippen LogP) is -0.0808. The molecular weight excluding hydrogens is 261 g/mol. The van der Waals surface area contributed by atoms with Crippen LogP contribution in [0.2, 0.25) is 0 Å². The molecule has 0 bridgehead atoms. The quantitative estimate of drug-likeness (QED) is 0.181. The van der Waals surface area contributed by atoms with Crippen molar-refractivity contribution in [1.29, 1.82) is 5.41 Å². The Morgan fingerprint density at radius 1 is 1.50 bits per heavy atom. The molecular formula is C9H20N3O5P. The minimum absolute atomic E-state index is 0.00334. The zero-order valence-electron chi connectivity index (χ0n) is 10.2. The maximum Gasteiger partial charge on any atom is 0.326 e. The summed E-state index contributed by atoms with van der Waals surface area (Å²) in [6.45, 7) is 1.61. The van der Waals surface area contributed by atoms with Gasteiger partial charge in [-0.1, -0.05) is 0 Å². The van der Waals surface area contributed by atoms with Gasteiger partial charge in [-0.15, -0.1) is 0 Å². The molecule has 0 aliphatic heterocycles. The van der Waals surface area contributed by atoms with Crippen LogP contribution in [0.25, 0.3) is 0 Å². The van der Waals surface area contributed by atoms with Gasteiger partial charge in [-0.05, 0) is 19.8 Å². The Hall–Kier alpha value is -0.790. The molecule has 18 heavy (non-hydrogen) atoms. The molecule has 0 amide bonds. The third kappa shape index (κ3) is 8.32. The van der Waals surface area contributed by atoms with Crippen LogP contribution >= 0.6 is 7.60 Å². The second kappa shape index (κ2) is 7.60. The van der Waals surface area contributed by atoms with E-state index in [-0.39, 0.29) is 18.8 Å². The summed E-state index contributed by atoms with van der Waals surface area (Å²) in [4.78, 5) is 28.6. The molecule has 0 fully saturated rings. The van der Waals surface area contributed by atoms with E-state index in [0.29, 0.717) is 12.8 Å². The van der Waals surface area contributed by atoms with Gasteiger partial charge in [0.05, 0.1) is 12.2 Å². The summed E-state index contributed by atoms with van der Waals surface area (Å²) in [6.07, 6.45) is -0.0387. The van der Waals surface area contributed by atoms with Crippen molar-refractivity contribution in [2.45, 2.75) is 32.2 Å². The number of hydroxylamine groups is 2. The van der Waals surface area contributed by atoms with Crippen LogP contribution in [-0.2, 0) is 9.36 Å². The van der Waals surface area contributed by atoms with Gasteiger partial charge in [0.2, 0.25) is 0 Å². The number of ketones is 1. The molecule has 0 saturated carbocycles. The highest BCUT2D eigenvalue weighted by atomic mass is 31.2. The maximum absolute atomic E-state index is 11.4. The van der Waals surface area contributed by atoms with Crippen molar-refractivity contribution in [1.82, 2.24) is 5.06 Å². The number of nitrogens with zero attached hydrogens (tertiary/aromatic N) is 1. The highest BCUT2D eigenvalue weighted by Crippen LogP contribution is 2.34. The Balaban J connectivity index is 3.88. The zero-order chi connectivity index (χ0) is 14.3. The summed E-state index contributed by atoms with van der Waals surface area (Å²) in [6, 6.07) is -0.795. The first-order valence-corrected chi connectivity index (χ1v) is 7.27. The molecule has 0 aromatic carbocycles. The SMILES string of the molecule is CC(=N)N(O)CCCC(N)C(=O)CCP(=O)(O)O. The smallest absolute Gasteiger partial charge is 0.324 e. The second-order valence-electron chi connectivity index (χ2n) is 4.06. The van der Waals surface area contributed by atoms with E-state index >= 15 is 0 Å². The topological polar surface area (TPSA) is 148 Å². The largest absolute Gasteiger partial charge is 0.326 e. The zero-order valence-corrected chi connectivity index (χ0v) is 11.1. The van der Waals surface area contributed by atoms with Gasteiger partial charge in [0.15, 0.2) is 0 Å². The number of Topliss-reactive ketones (excluding diaryl/α,β-unsaturated/α-hetero) is 1. The molecule has 1 atom stereocenters. The van der Waals surface area contributed by atoms with Gasteiger partial charge in [-0.25, -0.2) is 5.06 Å². The number of rotatable bonds is 8. The molecule has 106 valence electrons. The standard InChI is InChI=1S/C9H20N3O5P/c1-7(10)12(14)5-2-3-8(11)9(13)4-6-18(15,16)17/h8,10,14H,2-6,11H2,1H3,(H2,15,16,17). The molecule has 6 N–H and O–H groups in total. The highest BCUT2D eigenvalue weighted by molar-refractivity contribution is 7.51. The summed E-state index contributed by atoms with van der Waals surface area (Å²) in [5.41, 5.74) is 5.55. The van der Waals surface area contributed by atoms with E-state index in [1.807, 2.05) is 0 Å². The van der Waals surface area contributed by atoms with Crippen LogP contribution in [-0.4, -0.2) is 50.4 Å². The summed E-state index contributed by atoms with van der Waals surface area (Å²) in [5.74, 6) is -0.411. The summed E-state index contributed by atoms with van der Waals surface area (Å²) < 4.78 is 10.6. The molecule has 9 heteroatoms. The molecule has 0 saturated heterocycles. The van der Waals surface area contributed by atoms with Gasteiger partial charge < -0.3 is 15.5 Å². The molecule has 0 aliphatic carbocycles. The van der Waals surface area contributed by atoms with Crippen LogP contribution in [0.15, 0.2) is 0 Å². The van der Waals surface area contributed by atoms with Crippen molar-refractivity contribution < 1.29 is 24.4 Å². The van der Waals surface area contributed by atoms with Gasteiger partial charge in [0, 0.05) is 13.0 Å². The van der Waals surface area contributed by atoms with Gasteiger partial charge >= 0.3 is 7.60 Å². The van der Waals surface area contributed by atoms with Crippen molar-refractivity contribution in [3.05, 3.63) is 0 Å². The maximum atomic E-state index is 11.4. The van der Waals surface area contributed by atoms with Crippen molar-refractivity contribution in [2.24, 2.45) is 5.73 Å². The fraction of sp³-hybridized carbons (Fsp3) is 0.778. The van der Waals surface area contributed by atoms with Crippen LogP contribution in [0.5, 0.6) is 0 Å². The third-order valence-electron chi connectivity index (χ3n) is 2.34. The van der Waals surface area contributed by atoms with E-state index < -0.39 is 25.6 Å². The van der Waals surface area contributed by atoms with E-state index in [4.69, 9.17) is 26.1 Å². The van der Waals surface area contributed by atoms with E-state index in [0.717, 1.165) is 5.06 Å². The number of hydrogen-bond donors (Lipinski definition) is 5. The normalized spacial score (nSPS) is 13.2. The molecule has 1 unspecified atom stereocenters. The molecule has 0 aliphatic rings. The van der Waals surface area contributed by atoms with Crippen molar-refractivity contribution in [2.75, 3.05) is 12.7 Å². The van der Waals surface area contributed by atoms with E-state index in [2.05, 4.69) is 0 Å². The van der Waals surface area contributed by atoms with E-state index in [9.17, 15) is 9.36 Å². The summed E-state index contributed by atoms with van der Waals surface area (Å²) in [7, 11) is -4.17. The summed E-state index contributed by atoms with van der Waals surface area (Å²) >= 11 is 0. The molecule has 0 rings (SSSR count). The van der Waals surface area contributed by atoms with Crippen LogP contribution < -0.4 is 5.73 Å². The number of amidine groups is 1. The third-order valence-corrected chi connectivity index (χ3v) is 3.14. The van der Waals surface area contributed by atoms with Crippen LogP contribution in [0.1, 0.15) is 26.2 Å². The lowest BCUT2D eigenvalue weighted by Gasteiger charge is -2.16. The van der Waals surface area contributed by atoms with Gasteiger partial charge in [0.1, 0.15) is 11.6 Å². The number of carbonyl (C=O) groups excluding carboxylic acids is 1. The van der Waals surface area contributed by atoms with Gasteiger partial charge in [0.25, 0.3) is 0 Å². The van der Waals surface area contributed by atoms with Gasteiger partial charge in [-0.3, -0.25) is 20.0 Å². The molecule has 0 aromatic heterocycles. The molecule has 0 radical (unpaired) electrons. The lowest BCUT2D eigenvalue weighted by molar-refractivity contribution is -0.120. The van der Waals surface area contributed by atoms with Crippen LogP contribution in [0.3, 0.4) is 0 Å². The van der Waals surface area contributed by atoms with Gasteiger partial charge in [-0.2, -0.15) is 0 Å². The minimum atomic E-state index is -4.17. The average Bonchev–Trinajstić information content (AvgIpc) is 2.24. The number of nitrogens with one attached hydrogen (secondary N) is 1. The lowest BCUT2D eigenvalue weighted by atomic mass is 10.1. The van der Waals surface area contributed by atoms with E-state index in [1.165, 1.54) is 6.92 Å². The van der Waals surface area contributed by atoms with Crippen molar-refractivity contribution in [3.8, 4) is 0 Å². The first kappa shape index (κ1) is 17.2. The second-order valence-corrected chi connectivity index (χ2v) is 5.84. The molecule has 0 heterocycles. The lowest BCUT2D eigenvalue weighted by Crippen LogP contribution is -2.33. The fourth-order valence-electron chi connectivity index (χ4n) is 1.23. The summed E-state index contributed by atoms with van der Waals surface area (Å²) in [5, 5.41) is 17.0. The number of hydrogen-bond acceptors (Lipinski definition) is 5. The minimum Gasteiger partial charge on any atom is -0.324 e. The average molecular weight is 281 g/mol. The molecule has 8 nitrogen and oxygen atoms in total. The Labute approximate surface area is 105 Å². The number of carbonyl (C=O) groups is 1. The predicted molar refractivity (Wildman–Crippen MR) is 65.6 cm³/mol. The number of nitrogens with two attached hydrogens (primary N) is 1. The van der Waals surface area contributed by atoms with Crippen molar-refractivity contribution in [3.63, 3.8) is 0 Å². The Bertz CT molecular complexity index is 343. The Morgan fingerprint density at radius 2 is 2.06 bits per heavy atom. The first-order chi connectivity index (χ1) is 8.13. The van der Waals surface area contributed by atoms with E-state index in [1.54, 1.807) is 0 Å². The van der Waals surface area contributed by atoms with Crippen LogP contribution in [0, 0.1) is 5.41 Å². The fourth-order valence-corrected chi connectivity index (χ4v) is 1.74. The molecule has 0 spiro atoms. The van der Waals surface area contributed by atoms with Crippen molar-refractivity contribution >= 4 is 19.2 Å². The highest BCUT2D eigenvalue weighted by Gasteiger charge is 2.19. The monoisotopic (exact) mass is 281 g/mol.